The van der Waals surface area contributed by atoms with E-state index < -0.39 is 28.3 Å². The lowest BCUT2D eigenvalue weighted by molar-refractivity contribution is -0.0907. The van der Waals surface area contributed by atoms with Crippen LogP contribution in [0, 0.1) is 11.8 Å². The minimum atomic E-state index is -3.83. The van der Waals surface area contributed by atoms with Crippen LogP contribution in [0.1, 0.15) is 20.3 Å². The Morgan fingerprint density at radius 2 is 2.00 bits per heavy atom. The molecular formula is C20H31N3O7S. The number of anilines is 1. The molecule has 0 bridgehead atoms. The summed E-state index contributed by atoms with van der Waals surface area (Å²) < 4.78 is 43.5. The Balaban J connectivity index is 1.54. The second-order valence-corrected chi connectivity index (χ2v) is 10.2. The van der Waals surface area contributed by atoms with Crippen LogP contribution in [0.3, 0.4) is 0 Å². The number of nitrogens with two attached hydrogens (primary N) is 1. The molecule has 1 aromatic carbocycles. The second kappa shape index (κ2) is 10.1. The van der Waals surface area contributed by atoms with Crippen LogP contribution in [-0.2, 0) is 24.2 Å². The number of fused-ring (bicyclic) bond motifs is 1. The average molecular weight is 458 g/mol. The Hall–Kier alpha value is -1.92. The molecule has 31 heavy (non-hydrogen) atoms. The average Bonchev–Trinajstić information content (AvgIpc) is 3.31. The fourth-order valence-corrected chi connectivity index (χ4v) is 5.34. The van der Waals surface area contributed by atoms with Gasteiger partial charge in [-0.25, -0.2) is 13.2 Å². The lowest BCUT2D eigenvalue weighted by Crippen LogP contribution is -2.44. The van der Waals surface area contributed by atoms with Gasteiger partial charge in [0.1, 0.15) is 6.10 Å². The number of carbonyl (C=O) groups excluding carboxylic acids is 1. The van der Waals surface area contributed by atoms with E-state index in [-0.39, 0.29) is 49.3 Å². The molecule has 0 aromatic heterocycles. The summed E-state index contributed by atoms with van der Waals surface area (Å²) in [6.45, 7) is 4.52. The maximum atomic E-state index is 13.0. The third-order valence-electron chi connectivity index (χ3n) is 5.23. The van der Waals surface area contributed by atoms with Gasteiger partial charge >= 0.3 is 6.09 Å². The Bertz CT molecular complexity index is 847. The highest BCUT2D eigenvalue weighted by Gasteiger charge is 2.43. The Morgan fingerprint density at radius 1 is 1.29 bits per heavy atom. The first kappa shape index (κ1) is 23.7. The number of nitrogens with zero attached hydrogens (tertiary/aromatic N) is 1. The number of hydrogen-bond acceptors (Lipinski definition) is 8. The maximum absolute atomic E-state index is 13.0. The molecule has 2 heterocycles. The predicted octanol–water partition coefficient (Wildman–Crippen LogP) is 0.764. The largest absolute Gasteiger partial charge is 0.443 e. The number of aliphatic hydroxyl groups excluding tert-OH is 1. The molecule has 2 saturated heterocycles. The first-order valence-electron chi connectivity index (χ1n) is 10.4. The van der Waals surface area contributed by atoms with Crippen molar-refractivity contribution in [2.24, 2.45) is 11.8 Å². The molecule has 2 fully saturated rings. The molecule has 2 aliphatic heterocycles. The van der Waals surface area contributed by atoms with E-state index in [0.717, 1.165) is 6.42 Å². The van der Waals surface area contributed by atoms with Crippen molar-refractivity contribution in [2.75, 3.05) is 38.6 Å². The standard InChI is InChI=1S/C20H31N3O7S/c1-13(2)10-23(31(26,27)16-5-3-14(21)4-6-16)11-15(24)9-22-20(25)30-18-12-29-19-17(18)7-8-28-19/h3-6,13,15,17-19,24H,7-12,21H2,1-2H3,(H,22,25)/t15-,17-,18-,19+/m0/s1. The molecule has 1 amide bonds. The third-order valence-corrected chi connectivity index (χ3v) is 7.07. The summed E-state index contributed by atoms with van der Waals surface area (Å²) >= 11 is 0. The molecule has 0 radical (unpaired) electrons. The monoisotopic (exact) mass is 457 g/mol. The lowest BCUT2D eigenvalue weighted by atomic mass is 10.0. The minimum Gasteiger partial charge on any atom is -0.443 e. The molecule has 0 aliphatic carbocycles. The summed E-state index contributed by atoms with van der Waals surface area (Å²) in [5, 5.41) is 12.9. The van der Waals surface area contributed by atoms with Crippen LogP contribution in [0.2, 0.25) is 0 Å². The quantitative estimate of drug-likeness (QED) is 0.462. The Labute approximate surface area is 182 Å². The summed E-state index contributed by atoms with van der Waals surface area (Å²) in [4.78, 5) is 12.2. The van der Waals surface area contributed by atoms with E-state index in [0.29, 0.717) is 12.3 Å². The highest BCUT2D eigenvalue weighted by Crippen LogP contribution is 2.32. The number of nitrogens with one attached hydrogen (secondary N) is 1. The van der Waals surface area contributed by atoms with E-state index in [1.54, 1.807) is 0 Å². The number of benzene rings is 1. The zero-order valence-electron chi connectivity index (χ0n) is 17.8. The summed E-state index contributed by atoms with van der Waals surface area (Å²) in [6, 6.07) is 5.90. The number of sulfonamides is 1. The number of rotatable bonds is 9. The number of aliphatic hydroxyl groups is 1. The van der Waals surface area contributed by atoms with Crippen molar-refractivity contribution in [1.82, 2.24) is 9.62 Å². The van der Waals surface area contributed by atoms with Crippen LogP contribution in [0.4, 0.5) is 10.5 Å². The molecule has 4 N–H and O–H groups in total. The van der Waals surface area contributed by atoms with Gasteiger partial charge in [0.15, 0.2) is 6.29 Å². The number of carbonyl (C=O) groups is 1. The van der Waals surface area contributed by atoms with Crippen molar-refractivity contribution < 1.29 is 32.5 Å². The van der Waals surface area contributed by atoms with Crippen LogP contribution >= 0.6 is 0 Å². The number of ether oxygens (including phenoxy) is 3. The molecular weight excluding hydrogens is 426 g/mol. The third kappa shape index (κ3) is 6.07. The smallest absolute Gasteiger partial charge is 0.407 e. The van der Waals surface area contributed by atoms with Gasteiger partial charge in [-0.15, -0.1) is 0 Å². The molecule has 11 heteroatoms. The molecule has 174 valence electrons. The van der Waals surface area contributed by atoms with Crippen LogP contribution in [-0.4, -0.2) is 75.3 Å². The molecule has 0 spiro atoms. The molecule has 0 unspecified atom stereocenters. The van der Waals surface area contributed by atoms with Crippen molar-refractivity contribution in [3.05, 3.63) is 24.3 Å². The van der Waals surface area contributed by atoms with Gasteiger partial charge in [0.25, 0.3) is 0 Å². The molecule has 1 aromatic rings. The number of amides is 1. The fourth-order valence-electron chi connectivity index (χ4n) is 3.69. The van der Waals surface area contributed by atoms with Crippen LogP contribution in [0.25, 0.3) is 0 Å². The molecule has 0 saturated carbocycles. The van der Waals surface area contributed by atoms with E-state index in [2.05, 4.69) is 5.32 Å². The van der Waals surface area contributed by atoms with Crippen molar-refractivity contribution in [2.45, 2.75) is 43.7 Å². The first-order valence-corrected chi connectivity index (χ1v) is 11.8. The second-order valence-electron chi connectivity index (χ2n) is 8.29. The van der Waals surface area contributed by atoms with Crippen molar-refractivity contribution in [3.8, 4) is 0 Å². The van der Waals surface area contributed by atoms with Crippen molar-refractivity contribution >= 4 is 21.8 Å². The normalized spacial score (nSPS) is 24.4. The van der Waals surface area contributed by atoms with Gasteiger partial charge < -0.3 is 30.4 Å². The zero-order valence-corrected chi connectivity index (χ0v) is 18.6. The lowest BCUT2D eigenvalue weighted by Gasteiger charge is -2.26. The molecule has 4 atom stereocenters. The number of alkyl carbamates (subject to hydrolysis) is 1. The summed E-state index contributed by atoms with van der Waals surface area (Å²) in [7, 11) is -3.83. The predicted molar refractivity (Wildman–Crippen MR) is 113 cm³/mol. The van der Waals surface area contributed by atoms with Gasteiger partial charge in [-0.05, 0) is 36.6 Å². The van der Waals surface area contributed by atoms with Crippen molar-refractivity contribution in [3.63, 3.8) is 0 Å². The summed E-state index contributed by atoms with van der Waals surface area (Å²) in [6.07, 6.45) is -1.76. The van der Waals surface area contributed by atoms with Gasteiger partial charge in [0, 0.05) is 25.3 Å². The van der Waals surface area contributed by atoms with Crippen LogP contribution in [0.5, 0.6) is 0 Å². The van der Waals surface area contributed by atoms with E-state index in [1.165, 1.54) is 28.6 Å². The van der Waals surface area contributed by atoms with E-state index in [1.807, 2.05) is 13.8 Å². The van der Waals surface area contributed by atoms with Gasteiger partial charge in [-0.2, -0.15) is 4.31 Å². The van der Waals surface area contributed by atoms with Gasteiger partial charge in [-0.1, -0.05) is 13.8 Å². The fraction of sp³-hybridized carbons (Fsp3) is 0.650. The SMILES string of the molecule is CC(C)CN(C[C@@H](O)CNC(=O)O[C@H]1CO[C@H]2OCC[C@H]21)S(=O)(=O)c1ccc(N)cc1. The maximum Gasteiger partial charge on any atom is 0.407 e. The van der Waals surface area contributed by atoms with Gasteiger partial charge in [0.2, 0.25) is 10.0 Å². The Morgan fingerprint density at radius 3 is 2.68 bits per heavy atom. The van der Waals surface area contributed by atoms with E-state index in [4.69, 9.17) is 19.9 Å². The van der Waals surface area contributed by atoms with E-state index in [9.17, 15) is 18.3 Å². The zero-order chi connectivity index (χ0) is 22.6. The Kier molecular flexibility index (Phi) is 7.76. The van der Waals surface area contributed by atoms with Gasteiger partial charge in [-0.3, -0.25) is 0 Å². The molecule has 10 nitrogen and oxygen atoms in total. The minimum absolute atomic E-state index is 0.0160. The van der Waals surface area contributed by atoms with Crippen LogP contribution in [0.15, 0.2) is 29.2 Å². The van der Waals surface area contributed by atoms with Crippen LogP contribution < -0.4 is 11.1 Å². The summed E-state index contributed by atoms with van der Waals surface area (Å²) in [5.41, 5.74) is 6.11. The molecule has 3 rings (SSSR count). The topological polar surface area (TPSA) is 140 Å². The number of nitrogen functional groups attached to an aromatic ring is 1. The first-order chi connectivity index (χ1) is 14.7. The van der Waals surface area contributed by atoms with Crippen molar-refractivity contribution in [1.29, 1.82) is 0 Å². The van der Waals surface area contributed by atoms with E-state index >= 15 is 0 Å². The number of hydrogen-bond donors (Lipinski definition) is 3. The van der Waals surface area contributed by atoms with Gasteiger partial charge in [0.05, 0.1) is 30.1 Å². The summed E-state index contributed by atoms with van der Waals surface area (Å²) in [5.74, 6) is 0.0554. The highest BCUT2D eigenvalue weighted by atomic mass is 32.2. The highest BCUT2D eigenvalue weighted by molar-refractivity contribution is 7.89. The molecule has 2 aliphatic rings.